The first-order valence-electron chi connectivity index (χ1n) is 5.44. The number of benzene rings is 1. The molecule has 0 aliphatic heterocycles. The molecular weight excluding hydrogens is 238 g/mol. The van der Waals surface area contributed by atoms with E-state index in [1.165, 1.54) is 0 Å². The molecule has 0 bridgehead atoms. The molecule has 0 amide bonds. The zero-order chi connectivity index (χ0) is 13.2. The number of hydrogen-bond donors (Lipinski definition) is 1. The minimum absolute atomic E-state index is 0.0402. The second-order valence-corrected chi connectivity index (χ2v) is 5.67. The van der Waals surface area contributed by atoms with E-state index in [4.69, 9.17) is 5.14 Å². The minimum Gasteiger partial charge on any atom is -0.294 e. The molecule has 0 radical (unpaired) electrons. The van der Waals surface area contributed by atoms with Gasteiger partial charge < -0.3 is 0 Å². The largest absolute Gasteiger partial charge is 0.294 e. The van der Waals surface area contributed by atoms with Gasteiger partial charge in [0.05, 0.1) is 4.90 Å². The summed E-state index contributed by atoms with van der Waals surface area (Å²) >= 11 is 0. The first-order chi connectivity index (χ1) is 7.77. The number of Topliss-reactive ketones (excluding diaryl/α,β-unsaturated/α-hetero) is 1. The van der Waals surface area contributed by atoms with Crippen LogP contribution in [-0.2, 0) is 10.0 Å². The maximum Gasteiger partial charge on any atom is 0.239 e. The summed E-state index contributed by atoms with van der Waals surface area (Å²) in [7, 11) is -3.87. The molecule has 0 heterocycles. The van der Waals surface area contributed by atoms with Crippen LogP contribution >= 0.6 is 0 Å². The van der Waals surface area contributed by atoms with E-state index in [-0.39, 0.29) is 16.2 Å². The van der Waals surface area contributed by atoms with Gasteiger partial charge in [0, 0.05) is 12.0 Å². The Morgan fingerprint density at radius 3 is 2.35 bits per heavy atom. The van der Waals surface area contributed by atoms with Gasteiger partial charge in [-0.05, 0) is 31.9 Å². The third-order valence-corrected chi connectivity index (χ3v) is 3.59. The standard InChI is InChI=1S/C12H17NO3S/c1-4-5-11(14)10-7-8(2)6-9(3)12(10)17(13,15)16/h6-7H,4-5H2,1-3H3,(H2,13,15,16). The molecule has 0 aliphatic carbocycles. The lowest BCUT2D eigenvalue weighted by atomic mass is 10.0. The Kier molecular flexibility index (Phi) is 4.06. The molecule has 17 heavy (non-hydrogen) atoms. The molecule has 1 rings (SSSR count). The van der Waals surface area contributed by atoms with Crippen molar-refractivity contribution in [2.75, 3.05) is 0 Å². The van der Waals surface area contributed by atoms with Crippen LogP contribution in [-0.4, -0.2) is 14.2 Å². The van der Waals surface area contributed by atoms with Crippen LogP contribution < -0.4 is 5.14 Å². The first-order valence-corrected chi connectivity index (χ1v) is 6.99. The van der Waals surface area contributed by atoms with Crippen LogP contribution in [0.25, 0.3) is 0 Å². The van der Waals surface area contributed by atoms with E-state index in [0.717, 1.165) is 5.56 Å². The van der Waals surface area contributed by atoms with Crippen molar-refractivity contribution in [1.29, 1.82) is 0 Å². The highest BCUT2D eigenvalue weighted by molar-refractivity contribution is 7.89. The second-order valence-electron chi connectivity index (χ2n) is 4.18. The monoisotopic (exact) mass is 255 g/mol. The summed E-state index contributed by atoms with van der Waals surface area (Å²) in [5.74, 6) is -0.177. The SMILES string of the molecule is CCCC(=O)c1cc(C)cc(C)c1S(N)(=O)=O. The van der Waals surface area contributed by atoms with Crippen LogP contribution in [0.2, 0.25) is 0 Å². The summed E-state index contributed by atoms with van der Waals surface area (Å²) in [5, 5.41) is 5.16. The van der Waals surface area contributed by atoms with E-state index in [0.29, 0.717) is 18.4 Å². The van der Waals surface area contributed by atoms with Crippen molar-refractivity contribution in [2.45, 2.75) is 38.5 Å². The fourth-order valence-corrected chi connectivity index (χ4v) is 2.89. The molecule has 0 spiro atoms. The Morgan fingerprint density at radius 2 is 1.88 bits per heavy atom. The van der Waals surface area contributed by atoms with Gasteiger partial charge in [-0.15, -0.1) is 0 Å². The van der Waals surface area contributed by atoms with Crippen molar-refractivity contribution in [3.8, 4) is 0 Å². The number of ketones is 1. The lowest BCUT2D eigenvalue weighted by Gasteiger charge is -2.11. The summed E-state index contributed by atoms with van der Waals surface area (Å²) in [6, 6.07) is 3.30. The topological polar surface area (TPSA) is 77.2 Å². The summed E-state index contributed by atoms with van der Waals surface area (Å²) in [4.78, 5) is 11.9. The number of primary sulfonamides is 1. The molecule has 2 N–H and O–H groups in total. The number of carbonyl (C=O) groups is 1. The molecular formula is C12H17NO3S. The first kappa shape index (κ1) is 13.9. The van der Waals surface area contributed by atoms with E-state index < -0.39 is 10.0 Å². The van der Waals surface area contributed by atoms with E-state index in [2.05, 4.69) is 0 Å². The van der Waals surface area contributed by atoms with Gasteiger partial charge in [0.15, 0.2) is 5.78 Å². The Bertz CT molecular complexity index is 547. The molecule has 0 aromatic heterocycles. The van der Waals surface area contributed by atoms with Crippen LogP contribution in [0.5, 0.6) is 0 Å². The third kappa shape index (κ3) is 3.14. The predicted octanol–water partition coefficient (Wildman–Crippen LogP) is 1.93. The summed E-state index contributed by atoms with van der Waals surface area (Å²) in [6.07, 6.45) is 1.00. The normalized spacial score (nSPS) is 11.5. The number of nitrogens with two attached hydrogens (primary N) is 1. The highest BCUT2D eigenvalue weighted by atomic mass is 32.2. The quantitative estimate of drug-likeness (QED) is 0.835. The van der Waals surface area contributed by atoms with Gasteiger partial charge in [-0.25, -0.2) is 13.6 Å². The van der Waals surface area contributed by atoms with E-state index >= 15 is 0 Å². The van der Waals surface area contributed by atoms with Crippen molar-refractivity contribution in [3.63, 3.8) is 0 Å². The van der Waals surface area contributed by atoms with Crippen LogP contribution in [0, 0.1) is 13.8 Å². The van der Waals surface area contributed by atoms with Crippen molar-refractivity contribution >= 4 is 15.8 Å². The Balaban J connectivity index is 3.52. The molecule has 1 aromatic rings. The molecule has 1 aromatic carbocycles. The van der Waals surface area contributed by atoms with Gasteiger partial charge in [-0.2, -0.15) is 0 Å². The Labute approximate surface area is 102 Å². The fraction of sp³-hybridized carbons (Fsp3) is 0.417. The van der Waals surface area contributed by atoms with Gasteiger partial charge in [0.25, 0.3) is 0 Å². The van der Waals surface area contributed by atoms with Gasteiger partial charge in [-0.1, -0.05) is 18.6 Å². The molecule has 0 saturated heterocycles. The van der Waals surface area contributed by atoms with Crippen molar-refractivity contribution in [2.24, 2.45) is 5.14 Å². The molecule has 5 heteroatoms. The highest BCUT2D eigenvalue weighted by Gasteiger charge is 2.21. The maximum atomic E-state index is 11.9. The van der Waals surface area contributed by atoms with E-state index in [9.17, 15) is 13.2 Å². The second kappa shape index (κ2) is 4.98. The van der Waals surface area contributed by atoms with Crippen LogP contribution in [0.1, 0.15) is 41.3 Å². The van der Waals surface area contributed by atoms with E-state index in [1.807, 2.05) is 13.8 Å². The lowest BCUT2D eigenvalue weighted by Crippen LogP contribution is -2.18. The lowest BCUT2D eigenvalue weighted by molar-refractivity contribution is 0.0978. The van der Waals surface area contributed by atoms with Crippen LogP contribution in [0.4, 0.5) is 0 Å². The zero-order valence-corrected chi connectivity index (χ0v) is 11.1. The summed E-state index contributed by atoms with van der Waals surface area (Å²) in [5.41, 5.74) is 1.59. The minimum atomic E-state index is -3.87. The molecule has 0 unspecified atom stereocenters. The highest BCUT2D eigenvalue weighted by Crippen LogP contribution is 2.22. The fourth-order valence-electron chi connectivity index (χ4n) is 1.90. The van der Waals surface area contributed by atoms with Crippen LogP contribution in [0.15, 0.2) is 17.0 Å². The molecule has 0 aliphatic rings. The number of rotatable bonds is 4. The Morgan fingerprint density at radius 1 is 1.29 bits per heavy atom. The average Bonchev–Trinajstić information content (AvgIpc) is 2.14. The third-order valence-electron chi connectivity index (χ3n) is 2.48. The number of hydrogen-bond acceptors (Lipinski definition) is 3. The van der Waals surface area contributed by atoms with Gasteiger partial charge >= 0.3 is 0 Å². The van der Waals surface area contributed by atoms with Crippen molar-refractivity contribution in [1.82, 2.24) is 0 Å². The van der Waals surface area contributed by atoms with E-state index in [1.54, 1.807) is 19.1 Å². The number of carbonyl (C=O) groups excluding carboxylic acids is 1. The molecule has 94 valence electrons. The molecule has 0 atom stereocenters. The summed E-state index contributed by atoms with van der Waals surface area (Å²) in [6.45, 7) is 5.34. The molecule has 4 nitrogen and oxygen atoms in total. The maximum absolute atomic E-state index is 11.9. The van der Waals surface area contributed by atoms with Gasteiger partial charge in [0.2, 0.25) is 10.0 Å². The average molecular weight is 255 g/mol. The van der Waals surface area contributed by atoms with Gasteiger partial charge in [0.1, 0.15) is 0 Å². The smallest absolute Gasteiger partial charge is 0.239 e. The predicted molar refractivity (Wildman–Crippen MR) is 66.5 cm³/mol. The van der Waals surface area contributed by atoms with Gasteiger partial charge in [-0.3, -0.25) is 4.79 Å². The van der Waals surface area contributed by atoms with Crippen LogP contribution in [0.3, 0.4) is 0 Å². The number of aryl methyl sites for hydroxylation is 2. The zero-order valence-electron chi connectivity index (χ0n) is 10.3. The summed E-state index contributed by atoms with van der Waals surface area (Å²) < 4.78 is 23.0. The van der Waals surface area contributed by atoms with Crippen molar-refractivity contribution in [3.05, 3.63) is 28.8 Å². The molecule has 0 saturated carbocycles. The van der Waals surface area contributed by atoms with Crippen molar-refractivity contribution < 1.29 is 13.2 Å². The Hall–Kier alpha value is -1.20. The molecule has 0 fully saturated rings. The number of sulfonamides is 1.